The lowest BCUT2D eigenvalue weighted by Crippen LogP contribution is -2.31. The highest BCUT2D eigenvalue weighted by atomic mass is 16.2. The van der Waals surface area contributed by atoms with Crippen LogP contribution in [0, 0.1) is 5.92 Å². The van der Waals surface area contributed by atoms with Crippen molar-refractivity contribution in [3.05, 3.63) is 72.6 Å². The number of nitrogens with zero attached hydrogens (tertiary/aromatic N) is 3. The summed E-state index contributed by atoms with van der Waals surface area (Å²) < 4.78 is 0. The molecular weight excluding hydrogens is 472 g/mol. The molecule has 2 fully saturated rings. The highest BCUT2D eigenvalue weighted by molar-refractivity contribution is 5.77. The monoisotopic (exact) mass is 508 g/mol. The van der Waals surface area contributed by atoms with Crippen LogP contribution in [-0.2, 0) is 4.79 Å². The number of imidazole rings is 2. The van der Waals surface area contributed by atoms with Gasteiger partial charge in [0.15, 0.2) is 0 Å². The number of hydrogen-bond donors (Lipinski definition) is 3. The molecule has 196 valence electrons. The van der Waals surface area contributed by atoms with Gasteiger partial charge < -0.3 is 20.2 Å². The summed E-state index contributed by atoms with van der Waals surface area (Å²) in [7, 11) is 0. The summed E-state index contributed by atoms with van der Waals surface area (Å²) in [6, 6.07) is 17.6. The Morgan fingerprint density at radius 2 is 1.42 bits per heavy atom. The predicted octanol–water partition coefficient (Wildman–Crippen LogP) is 6.27. The predicted molar refractivity (Wildman–Crippen MR) is 150 cm³/mol. The number of amides is 1. The lowest BCUT2D eigenvalue weighted by molar-refractivity contribution is -0.133. The number of hydrogen-bond acceptors (Lipinski definition) is 4. The number of aromatic nitrogens is 4. The lowest BCUT2D eigenvalue weighted by atomic mass is 10.0. The van der Waals surface area contributed by atoms with Crippen molar-refractivity contribution in [2.75, 3.05) is 13.1 Å². The number of likely N-dealkylation sites (tertiary alicyclic amines) is 1. The van der Waals surface area contributed by atoms with E-state index >= 15 is 0 Å². The van der Waals surface area contributed by atoms with Crippen LogP contribution >= 0.6 is 0 Å². The van der Waals surface area contributed by atoms with Gasteiger partial charge in [-0.15, -0.1) is 0 Å². The molecule has 1 unspecified atom stereocenters. The molecule has 0 bridgehead atoms. The van der Waals surface area contributed by atoms with E-state index in [2.05, 4.69) is 87.6 Å². The van der Waals surface area contributed by atoms with E-state index in [-0.39, 0.29) is 11.9 Å². The van der Waals surface area contributed by atoms with E-state index in [1.165, 1.54) is 17.5 Å². The van der Waals surface area contributed by atoms with E-state index in [0.717, 1.165) is 66.5 Å². The van der Waals surface area contributed by atoms with Gasteiger partial charge in [0.05, 0.1) is 35.9 Å². The molecule has 3 N–H and O–H groups in total. The van der Waals surface area contributed by atoms with Crippen LogP contribution in [0.5, 0.6) is 0 Å². The maximum absolute atomic E-state index is 12.7. The molecule has 0 aliphatic carbocycles. The summed E-state index contributed by atoms with van der Waals surface area (Å²) in [5, 5.41) is 3.50. The van der Waals surface area contributed by atoms with E-state index in [9.17, 15) is 4.79 Å². The molecule has 6 rings (SSSR count). The average Bonchev–Trinajstić information content (AvgIpc) is 3.75. The number of nitrogens with one attached hydrogen (secondary N) is 3. The smallest absolute Gasteiger partial charge is 0.223 e. The van der Waals surface area contributed by atoms with Gasteiger partial charge >= 0.3 is 0 Å². The van der Waals surface area contributed by atoms with E-state index in [1.54, 1.807) is 0 Å². The number of carbonyl (C=O) groups excluding carboxylic acids is 1. The maximum atomic E-state index is 12.7. The minimum Gasteiger partial charge on any atom is -0.341 e. The molecule has 2 aliphatic heterocycles. The van der Waals surface area contributed by atoms with Gasteiger partial charge in [-0.3, -0.25) is 4.79 Å². The van der Waals surface area contributed by atoms with Gasteiger partial charge in [-0.05, 0) is 60.4 Å². The lowest BCUT2D eigenvalue weighted by Gasteiger charge is -2.24. The summed E-state index contributed by atoms with van der Waals surface area (Å²) >= 11 is 0. The minimum atomic E-state index is 0.0492. The first kappa shape index (κ1) is 24.6. The van der Waals surface area contributed by atoms with Crippen molar-refractivity contribution in [3.63, 3.8) is 0 Å². The van der Waals surface area contributed by atoms with Crippen LogP contribution in [0.4, 0.5) is 0 Å². The second-order valence-corrected chi connectivity index (χ2v) is 11.0. The van der Waals surface area contributed by atoms with Crippen molar-refractivity contribution in [2.45, 2.75) is 58.0 Å². The summed E-state index contributed by atoms with van der Waals surface area (Å²) in [6.07, 6.45) is 8.74. The summed E-state index contributed by atoms with van der Waals surface area (Å²) in [5.41, 5.74) is 6.61. The number of benzene rings is 2. The van der Waals surface area contributed by atoms with Gasteiger partial charge in [0.1, 0.15) is 11.6 Å². The second-order valence-electron chi connectivity index (χ2n) is 11.0. The highest BCUT2D eigenvalue weighted by Crippen LogP contribution is 2.33. The summed E-state index contributed by atoms with van der Waals surface area (Å²) in [4.78, 5) is 31.0. The molecule has 2 atom stereocenters. The maximum Gasteiger partial charge on any atom is 0.223 e. The zero-order chi connectivity index (χ0) is 26.1. The second kappa shape index (κ2) is 10.6. The van der Waals surface area contributed by atoms with Gasteiger partial charge in [-0.2, -0.15) is 0 Å². The molecule has 38 heavy (non-hydrogen) atoms. The molecule has 2 aromatic heterocycles. The van der Waals surface area contributed by atoms with Crippen LogP contribution in [0.3, 0.4) is 0 Å². The molecule has 2 aliphatic rings. The van der Waals surface area contributed by atoms with E-state index in [0.29, 0.717) is 18.4 Å². The zero-order valence-electron chi connectivity index (χ0n) is 22.2. The standard InChI is InChI=1S/C31H36N6O/c1-20(2)17-29(38)37-16-4-6-28(37)31-34-19-27(36-31)24-13-9-22(10-14-24)21-7-11-23(12-8-21)26-18-33-30(35-26)25-5-3-15-32-25/h7-14,18-20,25,28,32H,3-6,15-17H2,1-2H3,(H,33,35)(H,34,36)/t25-,28?/m0/s1. The number of rotatable bonds is 7. The van der Waals surface area contributed by atoms with Crippen LogP contribution in [0.1, 0.15) is 69.7 Å². The van der Waals surface area contributed by atoms with Crippen LogP contribution < -0.4 is 5.32 Å². The molecule has 0 saturated carbocycles. The number of H-pyrrole nitrogens is 2. The fourth-order valence-electron chi connectivity index (χ4n) is 5.73. The third-order valence-electron chi connectivity index (χ3n) is 7.78. The molecule has 7 nitrogen and oxygen atoms in total. The molecule has 0 radical (unpaired) electrons. The van der Waals surface area contributed by atoms with Crippen LogP contribution in [0.25, 0.3) is 33.6 Å². The summed E-state index contributed by atoms with van der Waals surface area (Å²) in [5.74, 6) is 2.51. The third-order valence-corrected chi connectivity index (χ3v) is 7.78. The van der Waals surface area contributed by atoms with Crippen LogP contribution in [0.15, 0.2) is 60.9 Å². The highest BCUT2D eigenvalue weighted by Gasteiger charge is 2.32. The Kier molecular flexibility index (Phi) is 6.85. The SMILES string of the molecule is CC(C)CC(=O)N1CCCC1c1ncc(-c2ccc(-c3ccc(-c4cnc([C@@H]5CCCN5)[nH]4)cc3)cc2)[nH]1. The average molecular weight is 509 g/mol. The largest absolute Gasteiger partial charge is 0.341 e. The van der Waals surface area contributed by atoms with E-state index < -0.39 is 0 Å². The van der Waals surface area contributed by atoms with Gasteiger partial charge in [0.2, 0.25) is 5.91 Å². The van der Waals surface area contributed by atoms with Crippen molar-refractivity contribution in [1.82, 2.24) is 30.2 Å². The molecule has 0 spiro atoms. The zero-order valence-corrected chi connectivity index (χ0v) is 22.2. The number of carbonyl (C=O) groups is 1. The molecule has 2 aromatic carbocycles. The molecule has 1 amide bonds. The Hall–Kier alpha value is -3.71. The van der Waals surface area contributed by atoms with Crippen molar-refractivity contribution < 1.29 is 4.79 Å². The van der Waals surface area contributed by atoms with Crippen LogP contribution in [0.2, 0.25) is 0 Å². The first-order valence-electron chi connectivity index (χ1n) is 13.9. The van der Waals surface area contributed by atoms with Gasteiger partial charge in [0, 0.05) is 13.0 Å². The van der Waals surface area contributed by atoms with Crippen molar-refractivity contribution >= 4 is 5.91 Å². The molecule has 7 heteroatoms. The normalized spacial score (nSPS) is 19.5. The minimum absolute atomic E-state index is 0.0492. The Labute approximate surface area is 224 Å². The summed E-state index contributed by atoms with van der Waals surface area (Å²) in [6.45, 7) is 6.07. The van der Waals surface area contributed by atoms with Gasteiger partial charge in [0.25, 0.3) is 0 Å². The molecular formula is C31H36N6O. The molecule has 4 heterocycles. The van der Waals surface area contributed by atoms with Crippen molar-refractivity contribution in [2.24, 2.45) is 5.92 Å². The fraction of sp³-hybridized carbons (Fsp3) is 0.387. The Morgan fingerprint density at radius 3 is 2.00 bits per heavy atom. The Morgan fingerprint density at radius 1 is 0.842 bits per heavy atom. The molecule has 2 saturated heterocycles. The number of aromatic amines is 2. The van der Waals surface area contributed by atoms with E-state index in [4.69, 9.17) is 0 Å². The Balaban J connectivity index is 1.14. The first-order valence-corrected chi connectivity index (χ1v) is 13.9. The van der Waals surface area contributed by atoms with Gasteiger partial charge in [-0.1, -0.05) is 62.4 Å². The van der Waals surface area contributed by atoms with Crippen molar-refractivity contribution in [1.29, 1.82) is 0 Å². The quantitative estimate of drug-likeness (QED) is 0.275. The van der Waals surface area contributed by atoms with Gasteiger partial charge in [-0.25, -0.2) is 9.97 Å². The Bertz CT molecular complexity index is 1380. The topological polar surface area (TPSA) is 89.7 Å². The third kappa shape index (κ3) is 5.03. The molecule has 4 aromatic rings. The van der Waals surface area contributed by atoms with E-state index in [1.807, 2.05) is 17.3 Å². The fourth-order valence-corrected chi connectivity index (χ4v) is 5.73. The van der Waals surface area contributed by atoms with Crippen LogP contribution in [-0.4, -0.2) is 43.8 Å². The first-order chi connectivity index (χ1) is 18.5. The van der Waals surface area contributed by atoms with Crippen molar-refractivity contribution in [3.8, 4) is 33.6 Å².